The molecule has 0 saturated carbocycles. The summed E-state index contributed by atoms with van der Waals surface area (Å²) in [7, 11) is 0. The third-order valence-corrected chi connectivity index (χ3v) is 2.33. The first-order chi connectivity index (χ1) is 10.5. The van der Waals surface area contributed by atoms with Gasteiger partial charge in [-0.3, -0.25) is 4.79 Å². The molecule has 0 aliphatic carbocycles. The zero-order chi connectivity index (χ0) is 17.8. The average molecular weight is 344 g/mol. The molecular formula is C11H9F5N2O5. The number of halogens is 5. The number of hydrogen-bond donors (Lipinski definition) is 0. The van der Waals surface area contributed by atoms with Crippen LogP contribution in [0.1, 0.15) is 24.6 Å². The van der Waals surface area contributed by atoms with Crippen LogP contribution in [0.4, 0.5) is 27.8 Å². The summed E-state index contributed by atoms with van der Waals surface area (Å²) in [5, 5.41) is 10.9. The highest BCUT2D eigenvalue weighted by Crippen LogP contribution is 2.35. The first-order valence-electron chi connectivity index (χ1n) is 5.92. The molecule has 0 aliphatic heterocycles. The Bertz CT molecular complexity index is 605. The number of rotatable bonds is 6. The molecule has 1 rings (SSSR count). The van der Waals surface area contributed by atoms with Crippen LogP contribution in [0, 0.1) is 10.1 Å². The molecule has 0 radical (unpaired) electrons. The van der Waals surface area contributed by atoms with Crippen molar-refractivity contribution in [2.75, 3.05) is 6.61 Å². The van der Waals surface area contributed by atoms with Crippen molar-refractivity contribution in [1.29, 1.82) is 0 Å². The highest BCUT2D eigenvalue weighted by atomic mass is 19.4. The fourth-order valence-corrected chi connectivity index (χ4v) is 1.55. The fourth-order valence-electron chi connectivity index (χ4n) is 1.55. The van der Waals surface area contributed by atoms with Crippen molar-refractivity contribution >= 4 is 11.8 Å². The third kappa shape index (κ3) is 5.30. The second-order valence-corrected chi connectivity index (χ2v) is 3.93. The predicted molar refractivity (Wildman–Crippen MR) is 62.9 cm³/mol. The fraction of sp³-hybridized carbons (Fsp3) is 0.455. The van der Waals surface area contributed by atoms with Crippen molar-refractivity contribution in [2.45, 2.75) is 26.1 Å². The normalized spacial score (nSPS) is 11.4. The van der Waals surface area contributed by atoms with E-state index in [-0.39, 0.29) is 12.7 Å². The van der Waals surface area contributed by atoms with Crippen molar-refractivity contribution in [3.8, 4) is 5.75 Å². The number of hydrogen-bond acceptors (Lipinski definition) is 6. The highest BCUT2D eigenvalue weighted by molar-refractivity contribution is 5.75. The number of ether oxygens (including phenoxy) is 2. The quantitative estimate of drug-likeness (QED) is 0.341. The molecule has 0 aromatic carbocycles. The van der Waals surface area contributed by atoms with Crippen molar-refractivity contribution in [3.05, 3.63) is 27.4 Å². The van der Waals surface area contributed by atoms with Gasteiger partial charge in [-0.25, -0.2) is 8.78 Å². The van der Waals surface area contributed by atoms with E-state index >= 15 is 0 Å². The van der Waals surface area contributed by atoms with E-state index in [4.69, 9.17) is 0 Å². The molecule has 0 N–H and O–H groups in total. The minimum absolute atomic E-state index is 0.134. The Morgan fingerprint density at radius 2 is 2.04 bits per heavy atom. The zero-order valence-electron chi connectivity index (χ0n) is 11.4. The number of nitro groups is 1. The van der Waals surface area contributed by atoms with E-state index in [0.717, 1.165) is 0 Å². The molecule has 128 valence electrons. The molecule has 0 saturated heterocycles. The monoisotopic (exact) mass is 344 g/mol. The standard InChI is InChI=1S/C11H9F5N2O5/c1-2-22-8(19)3-5-7(23-11(14,15)16)4-6(9(12)13)17-10(5)18(20)21/h4,9H,2-3H2,1H3. The van der Waals surface area contributed by atoms with Crippen molar-refractivity contribution < 1.29 is 41.1 Å². The van der Waals surface area contributed by atoms with Gasteiger partial charge >= 0.3 is 24.6 Å². The number of esters is 1. The van der Waals surface area contributed by atoms with Crippen LogP contribution in [0.5, 0.6) is 5.75 Å². The summed E-state index contributed by atoms with van der Waals surface area (Å²) in [5.74, 6) is -3.74. The SMILES string of the molecule is CCOC(=O)Cc1c(OC(F)(F)F)cc(C(F)F)nc1[N+](=O)[O-]. The Balaban J connectivity index is 3.46. The van der Waals surface area contributed by atoms with Gasteiger partial charge in [0.25, 0.3) is 0 Å². The van der Waals surface area contributed by atoms with Gasteiger partial charge in [0.2, 0.25) is 5.69 Å². The summed E-state index contributed by atoms with van der Waals surface area (Å²) < 4.78 is 70.3. The van der Waals surface area contributed by atoms with E-state index in [2.05, 4.69) is 14.5 Å². The van der Waals surface area contributed by atoms with E-state index in [9.17, 15) is 36.9 Å². The number of carbonyl (C=O) groups is 1. The van der Waals surface area contributed by atoms with Gasteiger partial charge in [0.15, 0.2) is 0 Å². The van der Waals surface area contributed by atoms with Crippen LogP contribution < -0.4 is 4.74 Å². The van der Waals surface area contributed by atoms with E-state index in [0.29, 0.717) is 0 Å². The number of alkyl halides is 5. The van der Waals surface area contributed by atoms with Gasteiger partial charge in [-0.05, 0) is 16.8 Å². The summed E-state index contributed by atoms with van der Waals surface area (Å²) in [4.78, 5) is 23.9. The molecule has 23 heavy (non-hydrogen) atoms. The lowest BCUT2D eigenvalue weighted by atomic mass is 10.1. The van der Waals surface area contributed by atoms with Crippen LogP contribution in [0.2, 0.25) is 0 Å². The average Bonchev–Trinajstić information content (AvgIpc) is 2.38. The molecule has 0 unspecified atom stereocenters. The van der Waals surface area contributed by atoms with Gasteiger partial charge in [-0.2, -0.15) is 0 Å². The maximum absolute atomic E-state index is 12.6. The summed E-state index contributed by atoms with van der Waals surface area (Å²) in [6.45, 7) is 1.27. The van der Waals surface area contributed by atoms with Gasteiger partial charge in [-0.15, -0.1) is 13.2 Å². The maximum Gasteiger partial charge on any atom is 0.573 e. The van der Waals surface area contributed by atoms with Crippen LogP contribution in [0.15, 0.2) is 6.07 Å². The summed E-state index contributed by atoms with van der Waals surface area (Å²) in [6.07, 6.45) is -9.68. The van der Waals surface area contributed by atoms with Crippen LogP contribution in [-0.2, 0) is 16.0 Å². The molecule has 12 heteroatoms. The third-order valence-electron chi connectivity index (χ3n) is 2.33. The summed E-state index contributed by atoms with van der Waals surface area (Å²) in [5.41, 5.74) is -2.20. The molecule has 0 amide bonds. The Hall–Kier alpha value is -2.53. The van der Waals surface area contributed by atoms with Gasteiger partial charge < -0.3 is 19.6 Å². The Kier molecular flexibility index (Phi) is 5.76. The van der Waals surface area contributed by atoms with E-state index in [1.165, 1.54) is 6.92 Å². The van der Waals surface area contributed by atoms with Gasteiger partial charge in [-0.1, -0.05) is 0 Å². The lowest BCUT2D eigenvalue weighted by Crippen LogP contribution is -2.20. The van der Waals surface area contributed by atoms with E-state index in [1.54, 1.807) is 0 Å². The minimum Gasteiger partial charge on any atom is -0.466 e. The van der Waals surface area contributed by atoms with E-state index in [1.807, 2.05) is 0 Å². The summed E-state index contributed by atoms with van der Waals surface area (Å²) >= 11 is 0. The van der Waals surface area contributed by atoms with Gasteiger partial charge in [0.05, 0.1) is 13.0 Å². The molecule has 0 bridgehead atoms. The lowest BCUT2D eigenvalue weighted by molar-refractivity contribution is -0.390. The smallest absolute Gasteiger partial charge is 0.466 e. The first kappa shape index (κ1) is 18.5. The molecule has 1 aromatic heterocycles. The Morgan fingerprint density at radius 3 is 2.48 bits per heavy atom. The van der Waals surface area contributed by atoms with E-state index < -0.39 is 52.9 Å². The van der Waals surface area contributed by atoms with Crippen molar-refractivity contribution in [2.24, 2.45) is 0 Å². The van der Waals surface area contributed by atoms with Crippen LogP contribution in [-0.4, -0.2) is 28.8 Å². The number of aromatic nitrogens is 1. The topological polar surface area (TPSA) is 91.6 Å². The predicted octanol–water partition coefficient (Wildman–Crippen LogP) is 2.93. The van der Waals surface area contributed by atoms with Crippen molar-refractivity contribution in [1.82, 2.24) is 4.98 Å². The molecule has 0 spiro atoms. The second-order valence-electron chi connectivity index (χ2n) is 3.93. The number of carbonyl (C=O) groups excluding carboxylic acids is 1. The zero-order valence-corrected chi connectivity index (χ0v) is 11.4. The van der Waals surface area contributed by atoms with Gasteiger partial charge in [0, 0.05) is 6.07 Å². The molecule has 0 fully saturated rings. The molecular weight excluding hydrogens is 335 g/mol. The Morgan fingerprint density at radius 1 is 1.43 bits per heavy atom. The Labute approximate surface area is 125 Å². The molecule has 1 heterocycles. The van der Waals surface area contributed by atoms with Gasteiger partial charge in [0.1, 0.15) is 11.3 Å². The number of nitrogens with zero attached hydrogens (tertiary/aromatic N) is 2. The molecule has 0 aliphatic rings. The molecule has 0 atom stereocenters. The lowest BCUT2D eigenvalue weighted by Gasteiger charge is -2.13. The van der Waals surface area contributed by atoms with Crippen LogP contribution in [0.3, 0.4) is 0 Å². The van der Waals surface area contributed by atoms with Crippen LogP contribution >= 0.6 is 0 Å². The van der Waals surface area contributed by atoms with Crippen LogP contribution in [0.25, 0.3) is 0 Å². The largest absolute Gasteiger partial charge is 0.573 e. The maximum atomic E-state index is 12.6. The first-order valence-corrected chi connectivity index (χ1v) is 5.92. The number of pyridine rings is 1. The molecule has 7 nitrogen and oxygen atoms in total. The second kappa shape index (κ2) is 7.15. The summed E-state index contributed by atoms with van der Waals surface area (Å²) in [6, 6.07) is 0.194. The minimum atomic E-state index is -5.31. The highest BCUT2D eigenvalue weighted by Gasteiger charge is 2.37. The molecule has 1 aromatic rings. The van der Waals surface area contributed by atoms with Crippen molar-refractivity contribution in [3.63, 3.8) is 0 Å².